The molecule has 0 spiro atoms. The lowest BCUT2D eigenvalue weighted by Crippen LogP contribution is -2.46. The van der Waals surface area contributed by atoms with Gasteiger partial charge in [0.15, 0.2) is 7.85 Å². The number of hydrogen-bond acceptors (Lipinski definition) is 2. The van der Waals surface area contributed by atoms with Crippen LogP contribution in [0.5, 0.6) is 0 Å². The number of nitrogens with zero attached hydrogens (tertiary/aromatic N) is 1. The first kappa shape index (κ1) is 10.8. The number of carbonyl (C=O) groups excluding carboxylic acids is 1. The lowest BCUT2D eigenvalue weighted by molar-refractivity contribution is -0.131. The van der Waals surface area contributed by atoms with Crippen molar-refractivity contribution in [2.75, 3.05) is 7.05 Å². The Labute approximate surface area is 84.8 Å². The Morgan fingerprint density at radius 1 is 1.64 bits per heavy atom. The summed E-state index contributed by atoms with van der Waals surface area (Å²) in [6, 6.07) is 0. The lowest BCUT2D eigenvalue weighted by Gasteiger charge is -2.28. The molecular weight excluding hydrogens is 177 g/mol. The van der Waals surface area contributed by atoms with Crippen LogP contribution in [0.25, 0.3) is 0 Å². The molecule has 72 valence electrons. The highest BCUT2D eigenvalue weighted by Gasteiger charge is 2.41. The molecule has 1 rings (SSSR count). The molecule has 0 bridgehead atoms. The van der Waals surface area contributed by atoms with Gasteiger partial charge in [-0.2, -0.15) is 0 Å². The van der Waals surface area contributed by atoms with Crippen LogP contribution in [0.15, 0.2) is 36.0 Å². The Bertz CT molecular complexity index is 342. The first-order valence-electron chi connectivity index (χ1n) is 4.26. The van der Waals surface area contributed by atoms with Gasteiger partial charge in [-0.3, -0.25) is 4.79 Å². The summed E-state index contributed by atoms with van der Waals surface area (Å²) >= 11 is 0. The predicted octanol–water partition coefficient (Wildman–Crippen LogP) is 0.332. The number of carbonyl (C=O) groups is 1. The van der Waals surface area contributed by atoms with Gasteiger partial charge in [-0.15, -0.1) is 0 Å². The molecule has 0 fully saturated rings. The van der Waals surface area contributed by atoms with Crippen molar-refractivity contribution >= 4 is 13.8 Å². The molecule has 2 radical (unpaired) electrons. The maximum Gasteiger partial charge on any atom is 0.255 e. The van der Waals surface area contributed by atoms with Gasteiger partial charge in [-0.25, -0.2) is 0 Å². The molecule has 0 aliphatic carbocycles. The zero-order valence-corrected chi connectivity index (χ0v) is 8.32. The fraction of sp³-hybridized carbons (Fsp3) is 0.300. The van der Waals surface area contributed by atoms with Crippen molar-refractivity contribution in [3.05, 3.63) is 36.0 Å². The smallest absolute Gasteiger partial charge is 0.255 e. The average molecular weight is 189 g/mol. The van der Waals surface area contributed by atoms with Crippen LogP contribution in [0.1, 0.15) is 6.92 Å². The highest BCUT2D eigenvalue weighted by Crippen LogP contribution is 2.31. The minimum Gasteiger partial charge on any atom is -0.376 e. The summed E-state index contributed by atoms with van der Waals surface area (Å²) in [5.41, 5.74) is -1.02. The topological polar surface area (TPSA) is 40.5 Å². The zero-order chi connectivity index (χ0) is 10.9. The van der Waals surface area contributed by atoms with E-state index >= 15 is 0 Å². The molecule has 1 aliphatic heterocycles. The van der Waals surface area contributed by atoms with Crippen molar-refractivity contribution in [3.8, 4) is 0 Å². The Kier molecular flexibility index (Phi) is 2.67. The maximum absolute atomic E-state index is 11.6. The summed E-state index contributed by atoms with van der Waals surface area (Å²) < 4.78 is 0. The molecule has 0 saturated carbocycles. The molecule has 4 heteroatoms. The van der Waals surface area contributed by atoms with Gasteiger partial charge >= 0.3 is 0 Å². The minimum absolute atomic E-state index is 0.303. The van der Waals surface area contributed by atoms with Crippen molar-refractivity contribution in [1.29, 1.82) is 0 Å². The second kappa shape index (κ2) is 3.46. The molecule has 0 saturated heterocycles. The molecular formula is C10H12BNO2. The first-order valence-corrected chi connectivity index (χ1v) is 4.26. The van der Waals surface area contributed by atoms with E-state index in [9.17, 15) is 9.90 Å². The van der Waals surface area contributed by atoms with Gasteiger partial charge in [0.1, 0.15) is 5.62 Å². The fourth-order valence-electron chi connectivity index (χ4n) is 1.42. The molecule has 1 atom stereocenters. The van der Waals surface area contributed by atoms with Crippen molar-refractivity contribution in [3.63, 3.8) is 0 Å². The maximum atomic E-state index is 11.6. The van der Waals surface area contributed by atoms with Gasteiger partial charge in [-0.05, 0) is 6.92 Å². The van der Waals surface area contributed by atoms with Crippen LogP contribution >= 0.6 is 0 Å². The summed E-state index contributed by atoms with van der Waals surface area (Å²) in [5, 5.41) is 9.81. The summed E-state index contributed by atoms with van der Waals surface area (Å²) in [6.45, 7) is 5.32. The van der Waals surface area contributed by atoms with Crippen molar-refractivity contribution in [2.45, 2.75) is 12.5 Å². The molecule has 1 heterocycles. The number of hydrogen-bond donors (Lipinski definition) is 1. The van der Waals surface area contributed by atoms with Gasteiger partial charge in [0, 0.05) is 18.2 Å². The third-order valence-corrected chi connectivity index (χ3v) is 2.27. The van der Waals surface area contributed by atoms with Crippen LogP contribution in [0.3, 0.4) is 0 Å². The monoisotopic (exact) mass is 189 g/mol. The number of allylic oxidation sites excluding steroid dienone is 1. The van der Waals surface area contributed by atoms with E-state index < -0.39 is 5.62 Å². The Balaban J connectivity index is 3.33. The van der Waals surface area contributed by atoms with Crippen LogP contribution in [-0.4, -0.2) is 36.4 Å². The van der Waals surface area contributed by atoms with Crippen LogP contribution in [0.4, 0.5) is 0 Å². The molecule has 1 amide bonds. The molecule has 0 aromatic rings. The summed E-state index contributed by atoms with van der Waals surface area (Å²) in [6.07, 6.45) is 4.73. The van der Waals surface area contributed by atoms with E-state index in [0.29, 0.717) is 11.1 Å². The summed E-state index contributed by atoms with van der Waals surface area (Å²) in [7, 11) is 7.03. The van der Waals surface area contributed by atoms with Gasteiger partial charge in [0.05, 0.1) is 0 Å². The molecule has 1 N–H and O–H groups in total. The van der Waals surface area contributed by atoms with E-state index in [4.69, 9.17) is 7.85 Å². The largest absolute Gasteiger partial charge is 0.376 e. The highest BCUT2D eigenvalue weighted by atomic mass is 16.3. The minimum atomic E-state index is -1.74. The van der Waals surface area contributed by atoms with E-state index in [0.717, 1.165) is 4.90 Å². The zero-order valence-electron chi connectivity index (χ0n) is 8.32. The molecule has 0 aromatic heterocycles. The van der Waals surface area contributed by atoms with Crippen LogP contribution in [0, 0.1) is 0 Å². The quantitative estimate of drug-likeness (QED) is 0.636. The van der Waals surface area contributed by atoms with Gasteiger partial charge in [0.25, 0.3) is 5.91 Å². The van der Waals surface area contributed by atoms with Crippen molar-refractivity contribution in [1.82, 2.24) is 4.90 Å². The average Bonchev–Trinajstić information content (AvgIpc) is 2.28. The van der Waals surface area contributed by atoms with E-state index in [1.54, 1.807) is 19.1 Å². The van der Waals surface area contributed by atoms with Crippen LogP contribution in [-0.2, 0) is 4.79 Å². The number of amides is 1. The van der Waals surface area contributed by atoms with Crippen molar-refractivity contribution in [2.24, 2.45) is 0 Å². The van der Waals surface area contributed by atoms with E-state index in [2.05, 4.69) is 6.58 Å². The van der Waals surface area contributed by atoms with Crippen LogP contribution in [0.2, 0.25) is 0 Å². The standard InChI is InChI=1S/C10H12BNO2/c1-4-6-7-8(5-2)10(11,14)12(3)9(7)13/h4-6,14H,2H2,1,3H3/b6-4-. The fourth-order valence-corrected chi connectivity index (χ4v) is 1.42. The predicted molar refractivity (Wildman–Crippen MR) is 55.5 cm³/mol. The Morgan fingerprint density at radius 2 is 2.21 bits per heavy atom. The molecule has 1 unspecified atom stereocenters. The third-order valence-electron chi connectivity index (χ3n) is 2.27. The summed E-state index contributed by atoms with van der Waals surface area (Å²) in [5.74, 6) is -0.303. The Morgan fingerprint density at radius 3 is 2.64 bits per heavy atom. The molecule has 1 aliphatic rings. The van der Waals surface area contributed by atoms with Gasteiger partial charge < -0.3 is 10.0 Å². The number of likely N-dealkylation sites (N-methyl/N-ethyl adjacent to an activating group) is 1. The van der Waals surface area contributed by atoms with E-state index in [-0.39, 0.29) is 5.91 Å². The summed E-state index contributed by atoms with van der Waals surface area (Å²) in [4.78, 5) is 12.7. The first-order chi connectivity index (χ1) is 6.46. The van der Waals surface area contributed by atoms with Crippen molar-refractivity contribution < 1.29 is 9.90 Å². The SMILES string of the molecule is [B]C1(O)C(C=C)=C(/C=C\C)C(=O)N1C. The highest BCUT2D eigenvalue weighted by molar-refractivity contribution is 6.22. The van der Waals surface area contributed by atoms with E-state index in [1.165, 1.54) is 13.1 Å². The molecule has 3 nitrogen and oxygen atoms in total. The van der Waals surface area contributed by atoms with Gasteiger partial charge in [-0.1, -0.05) is 24.8 Å². The van der Waals surface area contributed by atoms with Gasteiger partial charge in [0.2, 0.25) is 0 Å². The lowest BCUT2D eigenvalue weighted by atomic mass is 9.83. The van der Waals surface area contributed by atoms with Crippen LogP contribution < -0.4 is 0 Å². The number of rotatable bonds is 2. The third kappa shape index (κ3) is 1.32. The number of aliphatic hydroxyl groups is 1. The second-order valence-electron chi connectivity index (χ2n) is 3.12. The second-order valence-corrected chi connectivity index (χ2v) is 3.12. The molecule has 0 aromatic carbocycles. The van der Waals surface area contributed by atoms with E-state index in [1.807, 2.05) is 0 Å². The normalized spacial score (nSPS) is 27.9. The Hall–Kier alpha value is -1.29. The molecule has 14 heavy (non-hydrogen) atoms.